The van der Waals surface area contributed by atoms with Gasteiger partial charge in [0.15, 0.2) is 0 Å². The number of rotatable bonds is 0. The summed E-state index contributed by atoms with van der Waals surface area (Å²) >= 11 is 0. The minimum Gasteiger partial charge on any atom is -1.00 e. The normalized spacial score (nSPS) is 4.75. The Morgan fingerprint density at radius 3 is 0.875 bits per heavy atom. The third-order valence-electron chi connectivity index (χ3n) is 0.333. The van der Waals surface area contributed by atoms with Crippen LogP contribution in [-0.4, -0.2) is 0 Å². The van der Waals surface area contributed by atoms with Crippen LogP contribution in [-0.2, 0) is 21.1 Å². The van der Waals surface area contributed by atoms with Crippen molar-refractivity contribution in [3.05, 3.63) is 12.2 Å². The monoisotopic (exact) mass is 356 g/mol. The molecule has 0 heterocycles. The largest absolute Gasteiger partial charge is 1.00 e. The molecular formula is C4H8Cl3Pt-3. The maximum absolute atomic E-state index is 2.00. The van der Waals surface area contributed by atoms with Crippen molar-refractivity contribution in [3.63, 3.8) is 0 Å². The van der Waals surface area contributed by atoms with Crippen LogP contribution in [0.4, 0.5) is 0 Å². The summed E-state index contributed by atoms with van der Waals surface area (Å²) in [6.07, 6.45) is 4.00. The summed E-state index contributed by atoms with van der Waals surface area (Å²) in [5.74, 6) is 0. The number of hydrogen-bond acceptors (Lipinski definition) is 0. The van der Waals surface area contributed by atoms with E-state index in [1.165, 1.54) is 0 Å². The van der Waals surface area contributed by atoms with Gasteiger partial charge >= 0.3 is 0 Å². The maximum atomic E-state index is 2.00. The van der Waals surface area contributed by atoms with Gasteiger partial charge in [-0.3, -0.25) is 0 Å². The van der Waals surface area contributed by atoms with Crippen molar-refractivity contribution in [1.29, 1.82) is 0 Å². The molecule has 0 amide bonds. The van der Waals surface area contributed by atoms with Crippen molar-refractivity contribution in [1.82, 2.24) is 0 Å². The van der Waals surface area contributed by atoms with Gasteiger partial charge in [0.1, 0.15) is 0 Å². The summed E-state index contributed by atoms with van der Waals surface area (Å²) in [6.45, 7) is 4.00. The zero-order valence-corrected chi connectivity index (χ0v) is 9.14. The minimum absolute atomic E-state index is 0. The molecule has 0 aliphatic carbocycles. The smallest absolute Gasteiger partial charge is 0 e. The van der Waals surface area contributed by atoms with Crippen LogP contribution in [0.3, 0.4) is 0 Å². The summed E-state index contributed by atoms with van der Waals surface area (Å²) in [5.41, 5.74) is 0. The molecule has 0 saturated carbocycles. The fourth-order valence-electron chi connectivity index (χ4n) is 0. The van der Waals surface area contributed by atoms with Crippen LogP contribution >= 0.6 is 0 Å². The average Bonchev–Trinajstić information content (AvgIpc) is 1.37. The van der Waals surface area contributed by atoms with Crippen molar-refractivity contribution < 1.29 is 58.3 Å². The Morgan fingerprint density at radius 2 is 0.875 bits per heavy atom. The number of allylic oxidation sites excluding steroid dienone is 2. The van der Waals surface area contributed by atoms with E-state index in [2.05, 4.69) is 0 Å². The van der Waals surface area contributed by atoms with Crippen molar-refractivity contribution in [2.75, 3.05) is 0 Å². The molecule has 58 valence electrons. The zero-order chi connectivity index (χ0) is 3.41. The van der Waals surface area contributed by atoms with Gasteiger partial charge in [-0.1, -0.05) is 12.2 Å². The molecule has 0 fully saturated rings. The van der Waals surface area contributed by atoms with Crippen LogP contribution in [0.1, 0.15) is 13.8 Å². The molecule has 0 spiro atoms. The number of hydrogen-bond donors (Lipinski definition) is 0. The third-order valence-corrected chi connectivity index (χ3v) is 0.333. The quantitative estimate of drug-likeness (QED) is 0.378. The van der Waals surface area contributed by atoms with Crippen LogP contribution in [0.2, 0.25) is 0 Å². The molecular weight excluding hydrogens is 349 g/mol. The molecule has 0 aromatic heterocycles. The molecule has 8 heavy (non-hydrogen) atoms. The van der Waals surface area contributed by atoms with Gasteiger partial charge in [0, 0.05) is 21.1 Å². The Labute approximate surface area is 84.0 Å². The third kappa shape index (κ3) is 54.8. The van der Waals surface area contributed by atoms with Gasteiger partial charge in [-0.05, 0) is 13.8 Å². The molecule has 0 N–H and O–H groups in total. The number of halogens is 3. The van der Waals surface area contributed by atoms with E-state index < -0.39 is 0 Å². The van der Waals surface area contributed by atoms with Gasteiger partial charge in [0.2, 0.25) is 0 Å². The van der Waals surface area contributed by atoms with Gasteiger partial charge in [-0.25, -0.2) is 0 Å². The summed E-state index contributed by atoms with van der Waals surface area (Å²) in [7, 11) is 0. The molecule has 4 heteroatoms. The first-order valence-electron chi connectivity index (χ1n) is 1.49. The van der Waals surface area contributed by atoms with E-state index in [0.29, 0.717) is 0 Å². The van der Waals surface area contributed by atoms with Crippen molar-refractivity contribution in [2.24, 2.45) is 0 Å². The summed E-state index contributed by atoms with van der Waals surface area (Å²) in [5, 5.41) is 0. The maximum Gasteiger partial charge on any atom is 0 e. The minimum atomic E-state index is 0. The molecule has 0 aliphatic rings. The topological polar surface area (TPSA) is 0 Å². The molecule has 0 bridgehead atoms. The van der Waals surface area contributed by atoms with Crippen LogP contribution in [0, 0.1) is 0 Å². The Bertz CT molecular complexity index is 26.5. The van der Waals surface area contributed by atoms with Crippen LogP contribution in [0.25, 0.3) is 0 Å². The second kappa shape index (κ2) is 40.6. The molecule has 0 nitrogen and oxygen atoms in total. The molecule has 0 aromatic carbocycles. The van der Waals surface area contributed by atoms with Gasteiger partial charge in [-0.2, -0.15) is 0 Å². The van der Waals surface area contributed by atoms with E-state index >= 15 is 0 Å². The molecule has 0 atom stereocenters. The molecule has 0 radical (unpaired) electrons. The summed E-state index contributed by atoms with van der Waals surface area (Å²) < 4.78 is 0. The second-order valence-corrected chi connectivity index (χ2v) is 0.667. The molecule has 0 aromatic rings. The van der Waals surface area contributed by atoms with Gasteiger partial charge in [-0.15, -0.1) is 0 Å². The van der Waals surface area contributed by atoms with Crippen molar-refractivity contribution in [3.8, 4) is 0 Å². The predicted molar refractivity (Wildman–Crippen MR) is 20.5 cm³/mol. The fraction of sp³-hybridized carbons (Fsp3) is 0.500. The van der Waals surface area contributed by atoms with Crippen LogP contribution < -0.4 is 37.2 Å². The first-order valence-corrected chi connectivity index (χ1v) is 1.49. The SMILES string of the molecule is C/C=C/C.[Cl-].[Cl-].[Cl-].[Pt]. The average molecular weight is 358 g/mol. The zero-order valence-electron chi connectivity index (χ0n) is 4.60. The van der Waals surface area contributed by atoms with E-state index in [0.717, 1.165) is 0 Å². The van der Waals surface area contributed by atoms with E-state index in [-0.39, 0.29) is 58.3 Å². The van der Waals surface area contributed by atoms with Crippen molar-refractivity contribution >= 4 is 0 Å². The fourth-order valence-corrected chi connectivity index (χ4v) is 0. The Hall–Kier alpha value is 1.30. The first kappa shape index (κ1) is 34.7. The molecule has 0 aliphatic heterocycles. The molecule has 0 unspecified atom stereocenters. The Kier molecular flexibility index (Phi) is 176. The summed E-state index contributed by atoms with van der Waals surface area (Å²) in [6, 6.07) is 0. The second-order valence-electron chi connectivity index (χ2n) is 0.667. The van der Waals surface area contributed by atoms with E-state index in [4.69, 9.17) is 0 Å². The Morgan fingerprint density at radius 1 is 0.750 bits per heavy atom. The predicted octanol–water partition coefficient (Wildman–Crippen LogP) is -7.41. The van der Waals surface area contributed by atoms with Crippen molar-refractivity contribution in [2.45, 2.75) is 13.8 Å². The molecule has 0 saturated heterocycles. The molecule has 0 rings (SSSR count). The van der Waals surface area contributed by atoms with E-state index in [1.807, 2.05) is 26.0 Å². The first-order chi connectivity index (χ1) is 1.91. The van der Waals surface area contributed by atoms with Gasteiger partial charge < -0.3 is 37.2 Å². The van der Waals surface area contributed by atoms with E-state index in [9.17, 15) is 0 Å². The summed E-state index contributed by atoms with van der Waals surface area (Å²) in [4.78, 5) is 0. The van der Waals surface area contributed by atoms with Gasteiger partial charge in [0.05, 0.1) is 0 Å². The Balaban J connectivity index is -0.00000000750. The van der Waals surface area contributed by atoms with Crippen LogP contribution in [0.5, 0.6) is 0 Å². The van der Waals surface area contributed by atoms with Crippen LogP contribution in [0.15, 0.2) is 12.2 Å². The standard InChI is InChI=1S/C4H8.3ClH.Pt/c1-3-4-2;;;;/h3-4H,1-2H3;3*1H;/p-3/b4-3+;;;;. The van der Waals surface area contributed by atoms with Gasteiger partial charge in [0.25, 0.3) is 0 Å². The van der Waals surface area contributed by atoms with E-state index in [1.54, 1.807) is 0 Å².